The number of benzene rings is 1. The van der Waals surface area contributed by atoms with Crippen molar-refractivity contribution in [1.29, 1.82) is 0 Å². The Morgan fingerprint density at radius 3 is 2.81 bits per heavy atom. The van der Waals surface area contributed by atoms with Crippen molar-refractivity contribution in [3.05, 3.63) is 50.8 Å². The van der Waals surface area contributed by atoms with Gasteiger partial charge in [-0.2, -0.15) is 0 Å². The van der Waals surface area contributed by atoms with Crippen molar-refractivity contribution in [1.82, 2.24) is 4.90 Å². The molecular formula is C22H20ClN3O4S2. The summed E-state index contributed by atoms with van der Waals surface area (Å²) in [5.74, 6) is -0.363. The van der Waals surface area contributed by atoms with Gasteiger partial charge in [0.05, 0.1) is 18.6 Å². The van der Waals surface area contributed by atoms with E-state index in [0.29, 0.717) is 41.0 Å². The van der Waals surface area contributed by atoms with Gasteiger partial charge >= 0.3 is 0 Å². The van der Waals surface area contributed by atoms with Gasteiger partial charge in [-0.3, -0.25) is 19.3 Å². The molecule has 2 aliphatic heterocycles. The number of thioether (sulfide) groups is 1. The van der Waals surface area contributed by atoms with Crippen molar-refractivity contribution in [2.24, 2.45) is 4.99 Å². The molecular weight excluding hydrogens is 470 g/mol. The Kier molecular flexibility index (Phi) is 6.68. The molecule has 3 amide bonds. The lowest BCUT2D eigenvalue weighted by Gasteiger charge is -2.21. The molecule has 3 heterocycles. The molecule has 1 saturated heterocycles. The summed E-state index contributed by atoms with van der Waals surface area (Å²) >= 11 is 8.82. The first-order valence-corrected chi connectivity index (χ1v) is 12.1. The van der Waals surface area contributed by atoms with E-state index in [0.717, 1.165) is 22.2 Å². The minimum absolute atomic E-state index is 0.0114. The van der Waals surface area contributed by atoms with E-state index >= 15 is 0 Å². The highest BCUT2D eigenvalue weighted by molar-refractivity contribution is 8.14. The Morgan fingerprint density at radius 1 is 1.34 bits per heavy atom. The molecule has 2 aliphatic rings. The molecule has 2 aromatic rings. The highest BCUT2D eigenvalue weighted by Gasteiger charge is 2.35. The molecule has 1 aromatic heterocycles. The first-order chi connectivity index (χ1) is 15.4. The van der Waals surface area contributed by atoms with Gasteiger partial charge in [0.2, 0.25) is 11.8 Å². The van der Waals surface area contributed by atoms with Gasteiger partial charge in [0, 0.05) is 22.9 Å². The number of hydrogen-bond donors (Lipinski definition) is 0. The van der Waals surface area contributed by atoms with Crippen LogP contribution in [0.4, 0.5) is 5.69 Å². The molecule has 1 fully saturated rings. The number of methoxy groups -OCH3 is 1. The summed E-state index contributed by atoms with van der Waals surface area (Å²) in [5.41, 5.74) is 1.73. The van der Waals surface area contributed by atoms with Crippen molar-refractivity contribution in [3.8, 4) is 5.75 Å². The van der Waals surface area contributed by atoms with Crippen LogP contribution in [0.15, 0.2) is 40.3 Å². The number of thiophene rings is 1. The molecule has 4 rings (SSSR count). The van der Waals surface area contributed by atoms with E-state index in [-0.39, 0.29) is 29.2 Å². The molecule has 166 valence electrons. The standard InChI is InChI=1S/C22H20ClN3O4S2/c1-13-7-9-31-18(13)11-15-21(29)26(16-10-14(23)5-6-17(16)30-2)22(24-15)32-12-20(28)25-8-3-4-19(25)27/h5-7,9-11H,3-4,8,12H2,1-2H3/b15-11+. The van der Waals surface area contributed by atoms with Crippen molar-refractivity contribution in [2.45, 2.75) is 19.8 Å². The zero-order chi connectivity index (χ0) is 22.8. The van der Waals surface area contributed by atoms with Crippen molar-refractivity contribution in [2.75, 3.05) is 24.3 Å². The van der Waals surface area contributed by atoms with Gasteiger partial charge in [0.25, 0.3) is 5.91 Å². The number of aliphatic imine (C=N–C) groups is 1. The third-order valence-corrected chi connectivity index (χ3v) is 7.20. The largest absolute Gasteiger partial charge is 0.495 e. The molecule has 0 unspecified atom stereocenters. The summed E-state index contributed by atoms with van der Waals surface area (Å²) < 4.78 is 5.44. The third-order valence-electron chi connectivity index (χ3n) is 5.08. The van der Waals surface area contributed by atoms with Crippen LogP contribution in [0.3, 0.4) is 0 Å². The number of imide groups is 1. The van der Waals surface area contributed by atoms with Crippen molar-refractivity contribution in [3.63, 3.8) is 0 Å². The molecule has 0 aliphatic carbocycles. The summed E-state index contributed by atoms with van der Waals surface area (Å²) in [6.45, 7) is 2.39. The normalized spacial score (nSPS) is 17.5. The van der Waals surface area contributed by atoms with Gasteiger partial charge in [-0.05, 0) is 54.6 Å². The smallest absolute Gasteiger partial charge is 0.283 e. The number of aryl methyl sites for hydroxylation is 1. The number of hydrogen-bond acceptors (Lipinski definition) is 7. The zero-order valence-electron chi connectivity index (χ0n) is 17.5. The van der Waals surface area contributed by atoms with E-state index in [2.05, 4.69) is 4.99 Å². The van der Waals surface area contributed by atoms with Crippen LogP contribution in [0.25, 0.3) is 6.08 Å². The average molecular weight is 490 g/mol. The molecule has 0 saturated carbocycles. The third kappa shape index (κ3) is 4.46. The molecule has 0 spiro atoms. The van der Waals surface area contributed by atoms with Crippen LogP contribution in [-0.4, -0.2) is 47.2 Å². The lowest BCUT2D eigenvalue weighted by atomic mass is 10.2. The lowest BCUT2D eigenvalue weighted by Crippen LogP contribution is -2.35. The molecule has 10 heteroatoms. The number of anilines is 1. The van der Waals surface area contributed by atoms with E-state index in [1.165, 1.54) is 28.2 Å². The summed E-state index contributed by atoms with van der Waals surface area (Å²) in [4.78, 5) is 46.0. The number of amidine groups is 1. The SMILES string of the molecule is COc1ccc(Cl)cc1N1C(=O)/C(=C\c2sccc2C)N=C1SCC(=O)N1CCCC1=O. The number of nitrogens with zero attached hydrogens (tertiary/aromatic N) is 3. The predicted molar refractivity (Wildman–Crippen MR) is 128 cm³/mol. The fraction of sp³-hybridized carbons (Fsp3) is 0.273. The average Bonchev–Trinajstić information content (AvgIpc) is 3.46. The first-order valence-electron chi connectivity index (χ1n) is 9.87. The van der Waals surface area contributed by atoms with Gasteiger partial charge in [-0.25, -0.2) is 9.89 Å². The Hall–Kier alpha value is -2.62. The fourth-order valence-electron chi connectivity index (χ4n) is 3.42. The van der Waals surface area contributed by atoms with Crippen LogP contribution in [-0.2, 0) is 14.4 Å². The molecule has 7 nitrogen and oxygen atoms in total. The van der Waals surface area contributed by atoms with Crippen LogP contribution in [0, 0.1) is 6.92 Å². The number of amides is 3. The van der Waals surface area contributed by atoms with E-state index in [9.17, 15) is 14.4 Å². The maximum absolute atomic E-state index is 13.4. The molecule has 0 atom stereocenters. The maximum atomic E-state index is 13.4. The summed E-state index contributed by atoms with van der Waals surface area (Å²) in [7, 11) is 1.51. The number of carbonyl (C=O) groups is 3. The quantitative estimate of drug-likeness (QED) is 0.583. The first kappa shape index (κ1) is 22.6. The zero-order valence-corrected chi connectivity index (χ0v) is 19.9. The van der Waals surface area contributed by atoms with E-state index in [1.807, 2.05) is 18.4 Å². The molecule has 0 bridgehead atoms. The highest BCUT2D eigenvalue weighted by atomic mass is 35.5. The number of likely N-dealkylation sites (tertiary alicyclic amines) is 1. The Balaban J connectivity index is 1.68. The number of halogens is 1. The number of ether oxygens (including phenoxy) is 1. The maximum Gasteiger partial charge on any atom is 0.283 e. The second-order valence-electron chi connectivity index (χ2n) is 7.18. The minimum atomic E-state index is -0.342. The molecule has 0 N–H and O–H groups in total. The number of rotatable bonds is 5. The van der Waals surface area contributed by atoms with Gasteiger partial charge in [-0.15, -0.1) is 11.3 Å². The molecule has 1 aromatic carbocycles. The van der Waals surface area contributed by atoms with E-state index in [1.54, 1.807) is 24.3 Å². The van der Waals surface area contributed by atoms with Crippen LogP contribution >= 0.6 is 34.7 Å². The Bertz CT molecular complexity index is 1160. The van der Waals surface area contributed by atoms with Gasteiger partial charge in [0.15, 0.2) is 5.17 Å². The molecule has 32 heavy (non-hydrogen) atoms. The van der Waals surface area contributed by atoms with Crippen molar-refractivity contribution < 1.29 is 19.1 Å². The topological polar surface area (TPSA) is 79.3 Å². The van der Waals surface area contributed by atoms with Crippen LogP contribution < -0.4 is 9.64 Å². The monoisotopic (exact) mass is 489 g/mol. The number of carbonyl (C=O) groups excluding carboxylic acids is 3. The summed E-state index contributed by atoms with van der Waals surface area (Å²) in [6.07, 6.45) is 2.80. The second kappa shape index (κ2) is 9.48. The predicted octanol–water partition coefficient (Wildman–Crippen LogP) is 4.34. The Labute approximate surface area is 198 Å². The van der Waals surface area contributed by atoms with E-state index < -0.39 is 0 Å². The highest BCUT2D eigenvalue weighted by Crippen LogP contribution is 2.37. The summed E-state index contributed by atoms with van der Waals surface area (Å²) in [6, 6.07) is 6.94. The lowest BCUT2D eigenvalue weighted by molar-refractivity contribution is -0.140. The molecule has 0 radical (unpaired) electrons. The van der Waals surface area contributed by atoms with E-state index in [4.69, 9.17) is 16.3 Å². The van der Waals surface area contributed by atoms with Gasteiger partial charge < -0.3 is 4.74 Å². The van der Waals surface area contributed by atoms with Crippen LogP contribution in [0.5, 0.6) is 5.75 Å². The summed E-state index contributed by atoms with van der Waals surface area (Å²) in [5, 5.41) is 2.71. The van der Waals surface area contributed by atoms with Gasteiger partial charge in [-0.1, -0.05) is 23.4 Å². The second-order valence-corrected chi connectivity index (χ2v) is 9.51. The minimum Gasteiger partial charge on any atom is -0.495 e. The fourth-order valence-corrected chi connectivity index (χ4v) is 5.32. The Morgan fingerprint density at radius 2 is 2.16 bits per heavy atom. The van der Waals surface area contributed by atoms with Crippen LogP contribution in [0.2, 0.25) is 5.02 Å². The van der Waals surface area contributed by atoms with Crippen LogP contribution in [0.1, 0.15) is 23.3 Å². The van der Waals surface area contributed by atoms with Gasteiger partial charge in [0.1, 0.15) is 11.4 Å². The van der Waals surface area contributed by atoms with Crippen molar-refractivity contribution >= 4 is 69.4 Å².